The smallest absolute Gasteiger partial charge is 0.257 e. The molecule has 1 fully saturated rings. The molecule has 140 valence electrons. The van der Waals surface area contributed by atoms with Crippen molar-refractivity contribution in [3.63, 3.8) is 0 Å². The van der Waals surface area contributed by atoms with Crippen LogP contribution in [0, 0.1) is 13.8 Å². The van der Waals surface area contributed by atoms with Crippen LogP contribution in [0.4, 0.5) is 11.4 Å². The Morgan fingerprint density at radius 3 is 2.63 bits per heavy atom. The van der Waals surface area contributed by atoms with E-state index in [0.29, 0.717) is 5.56 Å². The number of hydrogen-bond acceptors (Lipinski definition) is 4. The normalized spacial score (nSPS) is 15.3. The summed E-state index contributed by atoms with van der Waals surface area (Å²) in [6.45, 7) is 8.30. The highest BCUT2D eigenvalue weighted by atomic mass is 16.1. The first-order valence-electron chi connectivity index (χ1n) is 9.30. The van der Waals surface area contributed by atoms with Gasteiger partial charge in [-0.05, 0) is 62.4 Å². The fourth-order valence-electron chi connectivity index (χ4n) is 3.72. The second kappa shape index (κ2) is 7.04. The van der Waals surface area contributed by atoms with Gasteiger partial charge in [0, 0.05) is 42.9 Å². The van der Waals surface area contributed by atoms with E-state index < -0.39 is 0 Å². The molecule has 2 aromatic carbocycles. The maximum Gasteiger partial charge on any atom is 0.257 e. The number of fused-ring (bicyclic) bond motifs is 1. The van der Waals surface area contributed by atoms with E-state index in [4.69, 9.17) is 0 Å². The number of anilines is 2. The molecule has 1 aromatic heterocycles. The van der Waals surface area contributed by atoms with Crippen molar-refractivity contribution < 1.29 is 4.79 Å². The van der Waals surface area contributed by atoms with Crippen molar-refractivity contribution in [3.8, 4) is 0 Å². The SMILES string of the molecule is Cc1cc(C(=O)Nc2ccc(N3CCN(C)CC3)c(C)c2)c2[nH]ncc2c1. The second-order valence-corrected chi connectivity index (χ2v) is 7.39. The number of carbonyl (C=O) groups excluding carboxylic acids is 1. The number of benzene rings is 2. The first-order valence-corrected chi connectivity index (χ1v) is 9.30. The van der Waals surface area contributed by atoms with Gasteiger partial charge >= 0.3 is 0 Å². The molecule has 0 aliphatic carbocycles. The first kappa shape index (κ1) is 17.5. The number of rotatable bonds is 3. The Bertz CT molecular complexity index is 985. The molecular weight excluding hydrogens is 338 g/mol. The number of piperazine rings is 1. The molecule has 4 rings (SSSR count). The average Bonchev–Trinajstić information content (AvgIpc) is 3.10. The number of carbonyl (C=O) groups is 1. The van der Waals surface area contributed by atoms with Crippen LogP contribution in [0.5, 0.6) is 0 Å². The van der Waals surface area contributed by atoms with Gasteiger partial charge in [0.15, 0.2) is 0 Å². The number of nitrogens with one attached hydrogen (secondary N) is 2. The van der Waals surface area contributed by atoms with Gasteiger partial charge in [-0.1, -0.05) is 0 Å². The summed E-state index contributed by atoms with van der Waals surface area (Å²) < 4.78 is 0. The van der Waals surface area contributed by atoms with Gasteiger partial charge in [-0.3, -0.25) is 9.89 Å². The standard InChI is InChI=1S/C21H25N5O/c1-14-10-16-13-22-24-20(16)18(11-14)21(27)23-17-4-5-19(15(2)12-17)26-8-6-25(3)7-9-26/h4-5,10-13H,6-9H2,1-3H3,(H,22,24)(H,23,27). The highest BCUT2D eigenvalue weighted by molar-refractivity contribution is 6.12. The van der Waals surface area contributed by atoms with E-state index in [1.54, 1.807) is 6.20 Å². The van der Waals surface area contributed by atoms with E-state index in [1.165, 1.54) is 11.3 Å². The van der Waals surface area contributed by atoms with E-state index in [1.807, 2.05) is 31.2 Å². The Kier molecular flexibility index (Phi) is 4.58. The Balaban J connectivity index is 1.55. The summed E-state index contributed by atoms with van der Waals surface area (Å²) >= 11 is 0. The molecule has 0 atom stereocenters. The van der Waals surface area contributed by atoms with Crippen molar-refractivity contribution in [2.24, 2.45) is 0 Å². The third-order valence-electron chi connectivity index (χ3n) is 5.24. The number of nitrogens with zero attached hydrogens (tertiary/aromatic N) is 3. The minimum Gasteiger partial charge on any atom is -0.369 e. The lowest BCUT2D eigenvalue weighted by Crippen LogP contribution is -2.44. The molecule has 27 heavy (non-hydrogen) atoms. The lowest BCUT2D eigenvalue weighted by molar-refractivity contribution is 0.102. The number of hydrogen-bond donors (Lipinski definition) is 2. The molecule has 1 aliphatic heterocycles. The van der Waals surface area contributed by atoms with Gasteiger partial charge in [0.25, 0.3) is 5.91 Å². The van der Waals surface area contributed by atoms with Crippen LogP contribution in [-0.4, -0.2) is 54.2 Å². The van der Waals surface area contributed by atoms with E-state index in [-0.39, 0.29) is 5.91 Å². The van der Waals surface area contributed by atoms with Crippen LogP contribution in [0.1, 0.15) is 21.5 Å². The number of aryl methyl sites for hydroxylation is 2. The fourth-order valence-corrected chi connectivity index (χ4v) is 3.72. The fraction of sp³-hybridized carbons (Fsp3) is 0.333. The Morgan fingerprint density at radius 2 is 1.89 bits per heavy atom. The molecule has 0 radical (unpaired) electrons. The van der Waals surface area contributed by atoms with Gasteiger partial charge in [0.05, 0.1) is 17.3 Å². The molecule has 6 nitrogen and oxygen atoms in total. The summed E-state index contributed by atoms with van der Waals surface area (Å²) in [5.74, 6) is -0.125. The highest BCUT2D eigenvalue weighted by Gasteiger charge is 2.17. The molecule has 3 aromatic rings. The van der Waals surface area contributed by atoms with Crippen molar-refractivity contribution in [1.82, 2.24) is 15.1 Å². The van der Waals surface area contributed by atoms with E-state index in [2.05, 4.69) is 45.4 Å². The van der Waals surface area contributed by atoms with Gasteiger partial charge < -0.3 is 15.1 Å². The molecule has 2 N–H and O–H groups in total. The van der Waals surface area contributed by atoms with E-state index >= 15 is 0 Å². The molecule has 2 heterocycles. The predicted molar refractivity (Wildman–Crippen MR) is 110 cm³/mol. The maximum atomic E-state index is 12.8. The van der Waals surface area contributed by atoms with Gasteiger partial charge in [0.2, 0.25) is 0 Å². The molecule has 1 amide bonds. The number of amides is 1. The largest absolute Gasteiger partial charge is 0.369 e. The third kappa shape index (κ3) is 3.53. The topological polar surface area (TPSA) is 64.3 Å². The van der Waals surface area contributed by atoms with Crippen molar-refractivity contribution in [2.45, 2.75) is 13.8 Å². The molecule has 1 saturated heterocycles. The zero-order valence-corrected chi connectivity index (χ0v) is 16.0. The predicted octanol–water partition coefficient (Wildman–Crippen LogP) is 3.18. The molecule has 0 bridgehead atoms. The molecular formula is C21H25N5O. The Labute approximate surface area is 159 Å². The quantitative estimate of drug-likeness (QED) is 0.750. The summed E-state index contributed by atoms with van der Waals surface area (Å²) in [6, 6.07) is 10.0. The van der Waals surface area contributed by atoms with Gasteiger partial charge in [-0.15, -0.1) is 0 Å². The number of aromatic amines is 1. The minimum atomic E-state index is -0.125. The van der Waals surface area contributed by atoms with Gasteiger partial charge in [-0.2, -0.15) is 5.10 Å². The molecule has 0 unspecified atom stereocenters. The maximum absolute atomic E-state index is 12.8. The lowest BCUT2D eigenvalue weighted by Gasteiger charge is -2.35. The van der Waals surface area contributed by atoms with E-state index in [0.717, 1.165) is 48.3 Å². The summed E-state index contributed by atoms with van der Waals surface area (Å²) in [4.78, 5) is 17.6. The van der Waals surface area contributed by atoms with Crippen LogP contribution in [-0.2, 0) is 0 Å². The number of H-pyrrole nitrogens is 1. The Hall–Kier alpha value is -2.86. The minimum absolute atomic E-state index is 0.125. The summed E-state index contributed by atoms with van der Waals surface area (Å²) in [5.41, 5.74) is 5.65. The van der Waals surface area contributed by atoms with Gasteiger partial charge in [0.1, 0.15) is 0 Å². The van der Waals surface area contributed by atoms with Crippen LogP contribution in [0.15, 0.2) is 36.5 Å². The van der Waals surface area contributed by atoms with Gasteiger partial charge in [-0.25, -0.2) is 0 Å². The zero-order chi connectivity index (χ0) is 19.0. The van der Waals surface area contributed by atoms with Crippen LogP contribution in [0.25, 0.3) is 10.9 Å². The van der Waals surface area contributed by atoms with Crippen LogP contribution in [0.3, 0.4) is 0 Å². The van der Waals surface area contributed by atoms with Crippen molar-refractivity contribution in [3.05, 3.63) is 53.2 Å². The van der Waals surface area contributed by atoms with Crippen molar-refractivity contribution >= 4 is 28.2 Å². The summed E-state index contributed by atoms with van der Waals surface area (Å²) in [5, 5.41) is 11.0. The molecule has 1 aliphatic rings. The van der Waals surface area contributed by atoms with Crippen molar-refractivity contribution in [1.29, 1.82) is 0 Å². The molecule has 6 heteroatoms. The number of likely N-dealkylation sites (N-methyl/N-ethyl adjacent to an activating group) is 1. The molecule has 0 spiro atoms. The van der Waals surface area contributed by atoms with Crippen LogP contribution >= 0.6 is 0 Å². The van der Waals surface area contributed by atoms with Crippen LogP contribution in [0.2, 0.25) is 0 Å². The Morgan fingerprint density at radius 1 is 1.11 bits per heavy atom. The average molecular weight is 363 g/mol. The lowest BCUT2D eigenvalue weighted by atomic mass is 10.1. The monoisotopic (exact) mass is 363 g/mol. The second-order valence-electron chi connectivity index (χ2n) is 7.39. The van der Waals surface area contributed by atoms with E-state index in [9.17, 15) is 4.79 Å². The highest BCUT2D eigenvalue weighted by Crippen LogP contribution is 2.26. The van der Waals surface area contributed by atoms with Crippen molar-refractivity contribution in [2.75, 3.05) is 43.4 Å². The first-order chi connectivity index (χ1) is 13.0. The molecule has 0 saturated carbocycles. The zero-order valence-electron chi connectivity index (χ0n) is 16.0. The summed E-state index contributed by atoms with van der Waals surface area (Å²) in [6.07, 6.45) is 1.74. The van der Waals surface area contributed by atoms with Crippen LogP contribution < -0.4 is 10.2 Å². The number of aromatic nitrogens is 2. The third-order valence-corrected chi connectivity index (χ3v) is 5.24. The summed E-state index contributed by atoms with van der Waals surface area (Å²) in [7, 11) is 2.16.